The molecular weight excluding hydrogens is 312 g/mol. The molecule has 0 aliphatic carbocycles. The molecule has 2 rings (SSSR count). The summed E-state index contributed by atoms with van der Waals surface area (Å²) in [6.45, 7) is 0.894. The Morgan fingerprint density at radius 3 is 3.00 bits per heavy atom. The van der Waals surface area contributed by atoms with Gasteiger partial charge in [0.05, 0.1) is 0 Å². The number of rotatable bonds is 6. The van der Waals surface area contributed by atoms with Gasteiger partial charge in [0.25, 0.3) is 0 Å². The third kappa shape index (κ3) is 3.17. The zero-order valence-electron chi connectivity index (χ0n) is 10.4. The SMILES string of the molecule is CSCCCCCn1c(N)nc2cc(Br)cnc21. The normalized spacial score (nSPS) is 11.2. The molecule has 0 spiro atoms. The Labute approximate surface area is 119 Å². The van der Waals surface area contributed by atoms with Crippen molar-refractivity contribution in [2.24, 2.45) is 0 Å². The van der Waals surface area contributed by atoms with E-state index in [2.05, 4.69) is 32.2 Å². The van der Waals surface area contributed by atoms with Crippen molar-refractivity contribution >= 4 is 44.8 Å². The fourth-order valence-corrected chi connectivity index (χ4v) is 2.73. The van der Waals surface area contributed by atoms with Crippen LogP contribution >= 0.6 is 27.7 Å². The number of nitrogen functional groups attached to an aromatic ring is 1. The fourth-order valence-electron chi connectivity index (χ4n) is 1.92. The molecule has 0 radical (unpaired) electrons. The van der Waals surface area contributed by atoms with E-state index in [1.807, 2.05) is 22.4 Å². The molecule has 0 aliphatic heterocycles. The molecule has 18 heavy (non-hydrogen) atoms. The lowest BCUT2D eigenvalue weighted by molar-refractivity contribution is 0.618. The van der Waals surface area contributed by atoms with Crippen molar-refractivity contribution in [3.8, 4) is 0 Å². The van der Waals surface area contributed by atoms with E-state index in [0.29, 0.717) is 5.95 Å². The van der Waals surface area contributed by atoms with Gasteiger partial charge in [0, 0.05) is 17.2 Å². The number of unbranched alkanes of at least 4 members (excludes halogenated alkanes) is 2. The Hall–Kier alpha value is -0.750. The first-order chi connectivity index (χ1) is 8.72. The van der Waals surface area contributed by atoms with Gasteiger partial charge in [0.1, 0.15) is 5.52 Å². The molecule has 0 aromatic carbocycles. The van der Waals surface area contributed by atoms with Crippen molar-refractivity contribution in [1.82, 2.24) is 14.5 Å². The predicted molar refractivity (Wildman–Crippen MR) is 81.9 cm³/mol. The van der Waals surface area contributed by atoms with E-state index in [4.69, 9.17) is 5.73 Å². The van der Waals surface area contributed by atoms with E-state index >= 15 is 0 Å². The van der Waals surface area contributed by atoms with Gasteiger partial charge in [-0.3, -0.25) is 4.57 Å². The van der Waals surface area contributed by atoms with Gasteiger partial charge in [-0.15, -0.1) is 0 Å². The molecule has 2 heterocycles. The van der Waals surface area contributed by atoms with E-state index < -0.39 is 0 Å². The van der Waals surface area contributed by atoms with E-state index in [0.717, 1.165) is 28.6 Å². The molecule has 0 fully saturated rings. The number of hydrogen-bond donors (Lipinski definition) is 1. The quantitative estimate of drug-likeness (QED) is 0.826. The minimum atomic E-state index is 0.556. The monoisotopic (exact) mass is 328 g/mol. The van der Waals surface area contributed by atoms with Crippen LogP contribution in [0.25, 0.3) is 11.2 Å². The first-order valence-corrected chi connectivity index (χ1v) is 8.17. The molecule has 0 atom stereocenters. The molecule has 2 N–H and O–H groups in total. The average molecular weight is 329 g/mol. The molecule has 2 aromatic heterocycles. The summed E-state index contributed by atoms with van der Waals surface area (Å²) in [5.41, 5.74) is 7.67. The van der Waals surface area contributed by atoms with Crippen molar-refractivity contribution in [1.29, 1.82) is 0 Å². The summed E-state index contributed by atoms with van der Waals surface area (Å²) >= 11 is 5.29. The van der Waals surface area contributed by atoms with Gasteiger partial charge in [0.2, 0.25) is 5.95 Å². The maximum atomic E-state index is 5.94. The lowest BCUT2D eigenvalue weighted by Gasteiger charge is -2.05. The van der Waals surface area contributed by atoms with Crippen LogP contribution < -0.4 is 5.73 Å². The maximum Gasteiger partial charge on any atom is 0.202 e. The van der Waals surface area contributed by atoms with Crippen LogP contribution in [0.1, 0.15) is 19.3 Å². The van der Waals surface area contributed by atoms with E-state index in [-0.39, 0.29) is 0 Å². The Morgan fingerprint density at radius 1 is 1.39 bits per heavy atom. The summed E-state index contributed by atoms with van der Waals surface area (Å²) < 4.78 is 2.93. The van der Waals surface area contributed by atoms with E-state index in [9.17, 15) is 0 Å². The first-order valence-electron chi connectivity index (χ1n) is 5.98. The van der Waals surface area contributed by atoms with Gasteiger partial charge in [-0.2, -0.15) is 11.8 Å². The molecule has 0 saturated heterocycles. The summed E-state index contributed by atoms with van der Waals surface area (Å²) in [6, 6.07) is 1.95. The molecule has 4 nitrogen and oxygen atoms in total. The highest BCUT2D eigenvalue weighted by atomic mass is 79.9. The third-order valence-corrected chi connectivity index (χ3v) is 3.94. The Bertz CT molecular complexity index is 526. The third-order valence-electron chi connectivity index (χ3n) is 2.81. The number of nitrogens with zero attached hydrogens (tertiary/aromatic N) is 3. The van der Waals surface area contributed by atoms with Crippen LogP contribution in [-0.4, -0.2) is 26.5 Å². The number of aromatic nitrogens is 3. The van der Waals surface area contributed by atoms with Gasteiger partial charge < -0.3 is 5.73 Å². The highest BCUT2D eigenvalue weighted by Crippen LogP contribution is 2.20. The standard InChI is InChI=1S/C12H17BrN4S/c1-18-6-4-2-3-5-17-11-10(16-12(17)14)7-9(13)8-15-11/h7-8H,2-6H2,1H3,(H2,14,16). The van der Waals surface area contributed by atoms with Crippen molar-refractivity contribution in [3.05, 3.63) is 16.7 Å². The molecule has 0 unspecified atom stereocenters. The first kappa shape index (κ1) is 13.7. The molecule has 98 valence electrons. The number of aryl methyl sites for hydroxylation is 1. The minimum Gasteiger partial charge on any atom is -0.369 e. The largest absolute Gasteiger partial charge is 0.369 e. The van der Waals surface area contributed by atoms with Gasteiger partial charge in [0.15, 0.2) is 5.65 Å². The molecule has 6 heteroatoms. The molecule has 0 aliphatic rings. The molecule has 0 amide bonds. The summed E-state index contributed by atoms with van der Waals surface area (Å²) in [6.07, 6.45) is 7.52. The van der Waals surface area contributed by atoms with Crippen LogP contribution in [0.4, 0.5) is 5.95 Å². The highest BCUT2D eigenvalue weighted by molar-refractivity contribution is 9.10. The van der Waals surface area contributed by atoms with Crippen LogP contribution in [-0.2, 0) is 6.54 Å². The van der Waals surface area contributed by atoms with Crippen molar-refractivity contribution < 1.29 is 0 Å². The molecular formula is C12H17BrN4S. The molecule has 0 bridgehead atoms. The maximum absolute atomic E-state index is 5.94. The van der Waals surface area contributed by atoms with Crippen LogP contribution in [0.15, 0.2) is 16.7 Å². The van der Waals surface area contributed by atoms with E-state index in [1.165, 1.54) is 18.6 Å². The van der Waals surface area contributed by atoms with Gasteiger partial charge in [-0.25, -0.2) is 9.97 Å². The Kier molecular flexibility index (Phi) is 4.88. The second-order valence-electron chi connectivity index (χ2n) is 4.17. The van der Waals surface area contributed by atoms with Crippen molar-refractivity contribution in [3.63, 3.8) is 0 Å². The van der Waals surface area contributed by atoms with Crippen molar-refractivity contribution in [2.75, 3.05) is 17.7 Å². The van der Waals surface area contributed by atoms with Crippen LogP contribution in [0.5, 0.6) is 0 Å². The highest BCUT2D eigenvalue weighted by Gasteiger charge is 2.09. The average Bonchev–Trinajstić information content (AvgIpc) is 2.64. The Morgan fingerprint density at radius 2 is 2.22 bits per heavy atom. The fraction of sp³-hybridized carbons (Fsp3) is 0.500. The number of fused-ring (bicyclic) bond motifs is 1. The number of imidazole rings is 1. The van der Waals surface area contributed by atoms with Crippen LogP contribution in [0, 0.1) is 0 Å². The zero-order chi connectivity index (χ0) is 13.0. The van der Waals surface area contributed by atoms with Crippen molar-refractivity contribution in [2.45, 2.75) is 25.8 Å². The second-order valence-corrected chi connectivity index (χ2v) is 6.07. The van der Waals surface area contributed by atoms with Gasteiger partial charge in [-0.1, -0.05) is 6.42 Å². The lowest BCUT2D eigenvalue weighted by atomic mass is 10.2. The smallest absolute Gasteiger partial charge is 0.202 e. The molecule has 2 aromatic rings. The zero-order valence-corrected chi connectivity index (χ0v) is 12.8. The minimum absolute atomic E-state index is 0.556. The predicted octanol–water partition coefficient (Wildman–Crippen LogP) is 3.31. The van der Waals surface area contributed by atoms with Gasteiger partial charge in [-0.05, 0) is 46.8 Å². The lowest BCUT2D eigenvalue weighted by Crippen LogP contribution is -2.04. The van der Waals surface area contributed by atoms with Gasteiger partial charge >= 0.3 is 0 Å². The number of hydrogen-bond acceptors (Lipinski definition) is 4. The van der Waals surface area contributed by atoms with Crippen LogP contribution in [0.3, 0.4) is 0 Å². The number of thioether (sulfide) groups is 1. The Balaban J connectivity index is 2.05. The van der Waals surface area contributed by atoms with Crippen LogP contribution in [0.2, 0.25) is 0 Å². The number of anilines is 1. The second kappa shape index (κ2) is 6.43. The summed E-state index contributed by atoms with van der Waals surface area (Å²) in [5.74, 6) is 1.78. The molecule has 0 saturated carbocycles. The topological polar surface area (TPSA) is 56.7 Å². The number of halogens is 1. The number of pyridine rings is 1. The summed E-state index contributed by atoms with van der Waals surface area (Å²) in [5, 5.41) is 0. The van der Waals surface area contributed by atoms with E-state index in [1.54, 1.807) is 6.20 Å². The number of nitrogens with two attached hydrogens (primary N) is 1. The summed E-state index contributed by atoms with van der Waals surface area (Å²) in [7, 11) is 0. The summed E-state index contributed by atoms with van der Waals surface area (Å²) in [4.78, 5) is 8.72.